The van der Waals surface area contributed by atoms with Crippen molar-refractivity contribution in [2.24, 2.45) is 5.92 Å². The number of carbonyl (C=O) groups excluding carboxylic acids is 2. The highest BCUT2D eigenvalue weighted by atomic mass is 35.5. The van der Waals surface area contributed by atoms with Crippen molar-refractivity contribution in [3.8, 4) is 10.6 Å². The number of halogens is 1. The molecule has 1 saturated heterocycles. The SMILES string of the molecule is CC(=O)N1CCCC(C(=O)Nc2sc(-c3cccnc3)nc2Cl)C1. The van der Waals surface area contributed by atoms with E-state index < -0.39 is 0 Å². The second kappa shape index (κ2) is 7.27. The molecule has 126 valence electrons. The average molecular weight is 365 g/mol. The Bertz CT molecular complexity index is 750. The minimum Gasteiger partial charge on any atom is -0.342 e. The molecule has 1 N–H and O–H groups in total. The molecule has 0 aromatic carbocycles. The summed E-state index contributed by atoms with van der Waals surface area (Å²) in [5, 5.41) is 4.36. The topological polar surface area (TPSA) is 75.2 Å². The molecule has 0 radical (unpaired) electrons. The quantitative estimate of drug-likeness (QED) is 0.908. The third kappa shape index (κ3) is 3.73. The number of aromatic nitrogens is 2. The molecule has 2 aromatic rings. The molecule has 0 aliphatic carbocycles. The van der Waals surface area contributed by atoms with Gasteiger partial charge in [-0.1, -0.05) is 22.9 Å². The van der Waals surface area contributed by atoms with E-state index in [1.807, 2.05) is 12.1 Å². The molecule has 1 aliphatic heterocycles. The van der Waals surface area contributed by atoms with E-state index in [1.165, 1.54) is 18.3 Å². The fraction of sp³-hybridized carbons (Fsp3) is 0.375. The summed E-state index contributed by atoms with van der Waals surface area (Å²) in [4.78, 5) is 34.0. The van der Waals surface area contributed by atoms with Gasteiger partial charge in [0.2, 0.25) is 11.8 Å². The zero-order chi connectivity index (χ0) is 17.1. The lowest BCUT2D eigenvalue weighted by Crippen LogP contribution is -2.42. The van der Waals surface area contributed by atoms with Gasteiger partial charge in [-0.15, -0.1) is 0 Å². The minimum atomic E-state index is -0.220. The maximum Gasteiger partial charge on any atom is 0.229 e. The fourth-order valence-corrected chi connectivity index (χ4v) is 3.83. The zero-order valence-corrected chi connectivity index (χ0v) is 14.7. The smallest absolute Gasteiger partial charge is 0.229 e. The van der Waals surface area contributed by atoms with Crippen molar-refractivity contribution in [1.29, 1.82) is 0 Å². The molecule has 2 aromatic heterocycles. The molecule has 1 aliphatic rings. The zero-order valence-electron chi connectivity index (χ0n) is 13.2. The summed E-state index contributed by atoms with van der Waals surface area (Å²) in [6, 6.07) is 3.71. The number of likely N-dealkylation sites (tertiary alicyclic amines) is 1. The maximum atomic E-state index is 12.5. The van der Waals surface area contributed by atoms with E-state index in [0.29, 0.717) is 23.1 Å². The normalized spacial score (nSPS) is 17.6. The lowest BCUT2D eigenvalue weighted by Gasteiger charge is -2.31. The van der Waals surface area contributed by atoms with Gasteiger partial charge in [0.1, 0.15) is 10.0 Å². The lowest BCUT2D eigenvalue weighted by atomic mass is 9.97. The number of nitrogens with one attached hydrogen (secondary N) is 1. The monoisotopic (exact) mass is 364 g/mol. The number of thiazole rings is 1. The van der Waals surface area contributed by atoms with Gasteiger partial charge in [-0.05, 0) is 25.0 Å². The van der Waals surface area contributed by atoms with Gasteiger partial charge >= 0.3 is 0 Å². The van der Waals surface area contributed by atoms with E-state index in [4.69, 9.17) is 11.6 Å². The van der Waals surface area contributed by atoms with Gasteiger partial charge < -0.3 is 10.2 Å². The summed E-state index contributed by atoms with van der Waals surface area (Å²) in [6.07, 6.45) is 4.98. The Balaban J connectivity index is 1.71. The summed E-state index contributed by atoms with van der Waals surface area (Å²) < 4.78 is 0. The number of hydrogen-bond acceptors (Lipinski definition) is 5. The third-order valence-corrected chi connectivity index (χ3v) is 5.37. The van der Waals surface area contributed by atoms with Crippen molar-refractivity contribution in [2.75, 3.05) is 18.4 Å². The van der Waals surface area contributed by atoms with Crippen LogP contribution in [0, 0.1) is 5.92 Å². The highest BCUT2D eigenvalue weighted by Gasteiger charge is 2.28. The van der Waals surface area contributed by atoms with Crippen LogP contribution in [0.2, 0.25) is 5.15 Å². The second-order valence-electron chi connectivity index (χ2n) is 5.67. The van der Waals surface area contributed by atoms with E-state index in [9.17, 15) is 9.59 Å². The number of anilines is 1. The Labute approximate surface area is 148 Å². The number of piperidine rings is 1. The van der Waals surface area contributed by atoms with E-state index in [1.54, 1.807) is 17.3 Å². The third-order valence-electron chi connectivity index (χ3n) is 3.97. The predicted octanol–water partition coefficient (Wildman–Crippen LogP) is 3.06. The van der Waals surface area contributed by atoms with Gasteiger partial charge in [0.05, 0.1) is 5.92 Å². The van der Waals surface area contributed by atoms with Crippen LogP contribution in [0.5, 0.6) is 0 Å². The van der Waals surface area contributed by atoms with Crippen molar-refractivity contribution < 1.29 is 9.59 Å². The van der Waals surface area contributed by atoms with Gasteiger partial charge in [-0.2, -0.15) is 0 Å². The predicted molar refractivity (Wildman–Crippen MR) is 94.0 cm³/mol. The van der Waals surface area contributed by atoms with Crippen molar-refractivity contribution >= 4 is 39.8 Å². The van der Waals surface area contributed by atoms with Crippen molar-refractivity contribution in [3.05, 3.63) is 29.7 Å². The van der Waals surface area contributed by atoms with Gasteiger partial charge in [-0.3, -0.25) is 14.6 Å². The summed E-state index contributed by atoms with van der Waals surface area (Å²) in [7, 11) is 0. The summed E-state index contributed by atoms with van der Waals surface area (Å²) in [5.74, 6) is -0.339. The molecule has 0 bridgehead atoms. The number of nitrogens with zero attached hydrogens (tertiary/aromatic N) is 3. The molecular weight excluding hydrogens is 348 g/mol. The summed E-state index contributed by atoms with van der Waals surface area (Å²) in [6.45, 7) is 2.69. The number of rotatable bonds is 3. The Kier molecular flexibility index (Phi) is 5.11. The molecule has 1 atom stereocenters. The first-order chi connectivity index (χ1) is 11.5. The minimum absolute atomic E-state index is 0.00202. The first-order valence-electron chi connectivity index (χ1n) is 7.67. The van der Waals surface area contributed by atoms with Crippen molar-refractivity contribution in [2.45, 2.75) is 19.8 Å². The molecule has 24 heavy (non-hydrogen) atoms. The van der Waals surface area contributed by atoms with Crippen molar-refractivity contribution in [1.82, 2.24) is 14.9 Å². The lowest BCUT2D eigenvalue weighted by molar-refractivity contribution is -0.132. The van der Waals surface area contributed by atoms with E-state index in [0.717, 1.165) is 18.4 Å². The molecule has 3 heterocycles. The first kappa shape index (κ1) is 16.9. The van der Waals surface area contributed by atoms with Gasteiger partial charge in [0, 0.05) is 38.0 Å². The van der Waals surface area contributed by atoms with Crippen LogP contribution < -0.4 is 5.32 Å². The van der Waals surface area contributed by atoms with E-state index in [-0.39, 0.29) is 22.9 Å². The molecule has 3 rings (SSSR count). The summed E-state index contributed by atoms with van der Waals surface area (Å²) >= 11 is 7.47. The molecule has 0 saturated carbocycles. The van der Waals surface area contributed by atoms with Crippen LogP contribution in [0.1, 0.15) is 19.8 Å². The molecule has 0 spiro atoms. The van der Waals surface area contributed by atoms with Crippen LogP contribution in [0.3, 0.4) is 0 Å². The number of hydrogen-bond donors (Lipinski definition) is 1. The molecular formula is C16H17ClN4O2S. The largest absolute Gasteiger partial charge is 0.342 e. The van der Waals surface area contributed by atoms with Crippen LogP contribution in [0.25, 0.3) is 10.6 Å². The van der Waals surface area contributed by atoms with Crippen LogP contribution in [-0.4, -0.2) is 39.8 Å². The molecule has 8 heteroatoms. The Morgan fingerprint density at radius 3 is 3.00 bits per heavy atom. The standard InChI is InChI=1S/C16H17ClN4O2S/c1-10(22)21-7-3-5-12(9-21)14(23)20-16-13(17)19-15(24-16)11-4-2-6-18-8-11/h2,4,6,8,12H,3,5,7,9H2,1H3,(H,20,23). The van der Waals surface area contributed by atoms with Crippen LogP contribution in [0.15, 0.2) is 24.5 Å². The fourth-order valence-electron chi connectivity index (χ4n) is 2.68. The molecule has 1 fully saturated rings. The number of amides is 2. The van der Waals surface area contributed by atoms with Gasteiger partial charge in [0.25, 0.3) is 0 Å². The Morgan fingerprint density at radius 2 is 2.29 bits per heavy atom. The Morgan fingerprint density at radius 1 is 1.46 bits per heavy atom. The van der Waals surface area contributed by atoms with E-state index >= 15 is 0 Å². The molecule has 6 nitrogen and oxygen atoms in total. The summed E-state index contributed by atoms with van der Waals surface area (Å²) in [5.41, 5.74) is 0.852. The molecule has 2 amide bonds. The number of carbonyl (C=O) groups is 2. The van der Waals surface area contributed by atoms with Crippen LogP contribution >= 0.6 is 22.9 Å². The highest BCUT2D eigenvalue weighted by Crippen LogP contribution is 2.35. The van der Waals surface area contributed by atoms with Gasteiger partial charge in [-0.25, -0.2) is 4.98 Å². The first-order valence-corrected chi connectivity index (χ1v) is 8.87. The van der Waals surface area contributed by atoms with Crippen LogP contribution in [0.4, 0.5) is 5.00 Å². The second-order valence-corrected chi connectivity index (χ2v) is 7.03. The van der Waals surface area contributed by atoms with E-state index in [2.05, 4.69) is 15.3 Å². The molecule has 1 unspecified atom stereocenters. The maximum absolute atomic E-state index is 12.5. The number of pyridine rings is 1. The van der Waals surface area contributed by atoms with Crippen LogP contribution in [-0.2, 0) is 9.59 Å². The highest BCUT2D eigenvalue weighted by molar-refractivity contribution is 7.19. The van der Waals surface area contributed by atoms with Gasteiger partial charge in [0.15, 0.2) is 5.15 Å². The Hall–Kier alpha value is -1.99. The van der Waals surface area contributed by atoms with Crippen molar-refractivity contribution in [3.63, 3.8) is 0 Å². The average Bonchev–Trinajstić information content (AvgIpc) is 2.96.